The zero-order chi connectivity index (χ0) is 23.1. The van der Waals surface area contributed by atoms with Crippen LogP contribution in [0.25, 0.3) is 33.9 Å². The Bertz CT molecular complexity index is 1240. The summed E-state index contributed by atoms with van der Waals surface area (Å²) >= 11 is 0. The fourth-order valence-electron chi connectivity index (χ4n) is 2.99. The summed E-state index contributed by atoms with van der Waals surface area (Å²) in [6, 6.07) is 23.2. The van der Waals surface area contributed by atoms with E-state index in [0.717, 1.165) is 6.92 Å². The van der Waals surface area contributed by atoms with Crippen molar-refractivity contribution in [3.8, 4) is 51.2 Å². The number of aromatic nitrogens is 2. The first kappa shape index (κ1) is 25.4. The van der Waals surface area contributed by atoms with E-state index in [9.17, 15) is 10.2 Å². The van der Waals surface area contributed by atoms with Gasteiger partial charge in [0, 0.05) is 35.1 Å². The van der Waals surface area contributed by atoms with Gasteiger partial charge in [0.2, 0.25) is 0 Å². The third-order valence-corrected chi connectivity index (χ3v) is 4.42. The van der Waals surface area contributed by atoms with Gasteiger partial charge in [-0.3, -0.25) is 4.79 Å². The molecule has 0 aliphatic carbocycles. The Morgan fingerprint density at radius 2 is 1.21 bits per heavy atom. The van der Waals surface area contributed by atoms with Gasteiger partial charge in [-0.05, 0) is 54.6 Å². The van der Waals surface area contributed by atoms with E-state index in [1.165, 1.54) is 0 Å². The van der Waals surface area contributed by atoms with E-state index in [0.29, 0.717) is 39.7 Å². The number of aliphatic carboxylic acids is 1. The van der Waals surface area contributed by atoms with Crippen molar-refractivity contribution in [1.29, 1.82) is 0 Å². The Kier molecular flexibility index (Phi) is 8.97. The number of hydrogen-bond acceptors (Lipinski definition) is 6. The van der Waals surface area contributed by atoms with Crippen molar-refractivity contribution < 1.29 is 41.9 Å². The molecule has 7 nitrogen and oxygen atoms in total. The van der Waals surface area contributed by atoms with Crippen molar-refractivity contribution in [1.82, 2.24) is 9.97 Å². The van der Waals surface area contributed by atoms with Gasteiger partial charge in [0.1, 0.15) is 17.2 Å². The summed E-state index contributed by atoms with van der Waals surface area (Å²) in [6.45, 7) is 1.08. The summed E-state index contributed by atoms with van der Waals surface area (Å²) in [5.74, 6) is 0.108. The maximum atomic E-state index is 10.2. The quantitative estimate of drug-likeness (QED) is 0.349. The van der Waals surface area contributed by atoms with E-state index >= 15 is 0 Å². The molecular formula is C25H22MnN2O5. The predicted molar refractivity (Wildman–Crippen MR) is 122 cm³/mol. The Labute approximate surface area is 201 Å². The van der Waals surface area contributed by atoms with Gasteiger partial charge in [-0.15, -0.1) is 0 Å². The van der Waals surface area contributed by atoms with E-state index < -0.39 is 5.97 Å². The molecule has 0 saturated heterocycles. The number of aromatic hydroxyl groups is 2. The van der Waals surface area contributed by atoms with Crippen LogP contribution in [0.3, 0.4) is 0 Å². The summed E-state index contributed by atoms with van der Waals surface area (Å²) in [6.07, 6.45) is 0. The van der Waals surface area contributed by atoms with Crippen molar-refractivity contribution in [2.45, 2.75) is 6.92 Å². The third kappa shape index (κ3) is 6.55. The molecule has 4 aromatic rings. The topological polar surface area (TPSA) is 113 Å². The zero-order valence-corrected chi connectivity index (χ0v) is 19.1. The first-order valence-electron chi connectivity index (χ1n) is 9.69. The molecule has 2 heterocycles. The van der Waals surface area contributed by atoms with Crippen LogP contribution in [0, 0.1) is 0 Å². The number of pyridine rings is 2. The van der Waals surface area contributed by atoms with Gasteiger partial charge >= 0.3 is 0 Å². The Balaban J connectivity index is 0.000000714. The van der Waals surface area contributed by atoms with Crippen LogP contribution >= 0.6 is 0 Å². The molecule has 4 rings (SSSR count). The molecule has 1 radical (unpaired) electrons. The Hall–Kier alpha value is -3.87. The first-order valence-corrected chi connectivity index (χ1v) is 9.69. The van der Waals surface area contributed by atoms with Crippen molar-refractivity contribution in [2.24, 2.45) is 0 Å². The molecule has 0 spiro atoms. The predicted octanol–water partition coefficient (Wildman–Crippen LogP) is 4.99. The fraction of sp³-hybridized carbons (Fsp3) is 0.0800. The van der Waals surface area contributed by atoms with Gasteiger partial charge in [0.05, 0.1) is 29.9 Å². The van der Waals surface area contributed by atoms with Gasteiger partial charge in [-0.1, -0.05) is 24.3 Å². The minimum atomic E-state index is -0.833. The first-order chi connectivity index (χ1) is 15.4. The molecule has 3 N–H and O–H groups in total. The van der Waals surface area contributed by atoms with Crippen molar-refractivity contribution >= 4 is 5.97 Å². The van der Waals surface area contributed by atoms with Crippen molar-refractivity contribution in [3.63, 3.8) is 0 Å². The molecule has 169 valence electrons. The van der Waals surface area contributed by atoms with E-state index in [4.69, 9.17) is 14.6 Å². The third-order valence-electron chi connectivity index (χ3n) is 4.42. The van der Waals surface area contributed by atoms with Gasteiger partial charge in [0.25, 0.3) is 5.97 Å². The average Bonchev–Trinajstić information content (AvgIpc) is 2.79. The van der Waals surface area contributed by atoms with Crippen molar-refractivity contribution in [2.75, 3.05) is 7.11 Å². The molecule has 0 bridgehead atoms. The van der Waals surface area contributed by atoms with Crippen LogP contribution in [-0.2, 0) is 21.9 Å². The second-order valence-corrected chi connectivity index (χ2v) is 6.74. The van der Waals surface area contributed by atoms with Crippen LogP contribution in [0.5, 0.6) is 17.2 Å². The molecule has 8 heteroatoms. The number of para-hydroxylation sites is 1. The summed E-state index contributed by atoms with van der Waals surface area (Å²) < 4.78 is 5.25. The number of benzene rings is 2. The number of carboxylic acid groups (broad SMARTS) is 1. The smallest absolute Gasteiger partial charge is 0.300 e. The Morgan fingerprint density at radius 3 is 1.76 bits per heavy atom. The van der Waals surface area contributed by atoms with E-state index in [1.54, 1.807) is 37.4 Å². The van der Waals surface area contributed by atoms with Crippen molar-refractivity contribution in [3.05, 3.63) is 78.9 Å². The molecule has 0 unspecified atom stereocenters. The largest absolute Gasteiger partial charge is 0.507 e. The monoisotopic (exact) mass is 485 g/mol. The Morgan fingerprint density at radius 1 is 0.727 bits per heavy atom. The number of ether oxygens (including phenoxy) is 1. The number of methoxy groups -OCH3 is 1. The van der Waals surface area contributed by atoms with Crippen LogP contribution in [0.1, 0.15) is 6.92 Å². The standard InChI is InChI=1S/C23H18N2O3.C2H4O2.Mn/c1-28-15-12-13-23(27)17(14-15)19-8-5-10-21(25-19)20-9-4-7-18(24-20)16-6-2-3-11-22(16)26;1-2(3)4;/h2-14,26-27H,1H3;1H3,(H,3,4);. The van der Waals surface area contributed by atoms with Gasteiger partial charge in [0.15, 0.2) is 0 Å². The maximum Gasteiger partial charge on any atom is 0.300 e. The summed E-state index contributed by atoms with van der Waals surface area (Å²) in [7, 11) is 1.58. The molecule has 0 atom stereocenters. The zero-order valence-electron chi connectivity index (χ0n) is 17.9. The number of phenolic OH excluding ortho intramolecular Hbond substituents is 2. The van der Waals surface area contributed by atoms with Gasteiger partial charge < -0.3 is 20.1 Å². The number of carbonyl (C=O) groups is 1. The van der Waals surface area contributed by atoms with Gasteiger partial charge in [-0.25, -0.2) is 9.97 Å². The number of rotatable bonds is 4. The van der Waals surface area contributed by atoms with E-state index in [-0.39, 0.29) is 28.6 Å². The number of hydrogen-bond donors (Lipinski definition) is 3. The molecule has 0 aliphatic heterocycles. The second-order valence-electron chi connectivity index (χ2n) is 6.74. The maximum absolute atomic E-state index is 10.2. The van der Waals surface area contributed by atoms with Crippen LogP contribution in [0.4, 0.5) is 0 Å². The molecule has 2 aromatic carbocycles. The fourth-order valence-corrected chi connectivity index (χ4v) is 2.99. The molecule has 0 fully saturated rings. The van der Waals surface area contributed by atoms with Crippen LogP contribution < -0.4 is 4.74 Å². The number of phenols is 2. The minimum absolute atomic E-state index is 0. The van der Waals surface area contributed by atoms with E-state index in [1.807, 2.05) is 48.5 Å². The number of carboxylic acids is 1. The number of nitrogens with zero attached hydrogens (tertiary/aromatic N) is 2. The summed E-state index contributed by atoms with van der Waals surface area (Å²) in [5, 5.41) is 27.7. The molecule has 0 aliphatic rings. The SMILES string of the molecule is CC(=O)O.COc1ccc(O)c(-c2cccc(-c3cccc(-c4ccccc4O)n3)n2)c1.[Mn]. The molecule has 0 saturated carbocycles. The molecule has 33 heavy (non-hydrogen) atoms. The molecular weight excluding hydrogens is 463 g/mol. The minimum Gasteiger partial charge on any atom is -0.507 e. The van der Waals surface area contributed by atoms with Crippen LogP contribution in [-0.4, -0.2) is 38.4 Å². The second kappa shape index (κ2) is 11.7. The summed E-state index contributed by atoms with van der Waals surface area (Å²) in [5.41, 5.74) is 3.85. The molecule has 0 amide bonds. The molecule has 2 aromatic heterocycles. The van der Waals surface area contributed by atoms with Crippen LogP contribution in [0.15, 0.2) is 78.9 Å². The van der Waals surface area contributed by atoms with Crippen LogP contribution in [0.2, 0.25) is 0 Å². The summed E-state index contributed by atoms with van der Waals surface area (Å²) in [4.78, 5) is 18.3. The normalized spacial score (nSPS) is 9.76. The van der Waals surface area contributed by atoms with Gasteiger partial charge in [-0.2, -0.15) is 0 Å². The average molecular weight is 485 g/mol. The van der Waals surface area contributed by atoms with E-state index in [2.05, 4.69) is 9.97 Å².